The number of hydrogen-bond donors (Lipinski definition) is 0. The van der Waals surface area contributed by atoms with Gasteiger partial charge in [0.25, 0.3) is 0 Å². The molecule has 2 nitrogen and oxygen atoms in total. The van der Waals surface area contributed by atoms with Crippen LogP contribution in [0.2, 0.25) is 0 Å². The van der Waals surface area contributed by atoms with Crippen LogP contribution in [0.1, 0.15) is 36.2 Å². The first-order valence-corrected chi connectivity index (χ1v) is 7.02. The second kappa shape index (κ2) is 3.67. The van der Waals surface area contributed by atoms with Gasteiger partial charge < -0.3 is 0 Å². The maximum absolute atomic E-state index is 12.2. The van der Waals surface area contributed by atoms with Gasteiger partial charge in [-0.05, 0) is 58.6 Å². The molecule has 1 aromatic rings. The first-order chi connectivity index (χ1) is 7.25. The number of aromatic nitrogens is 1. The van der Waals surface area contributed by atoms with E-state index >= 15 is 0 Å². The number of hydrogen-bond acceptors (Lipinski definition) is 3. The molecule has 2 bridgehead atoms. The van der Waals surface area contributed by atoms with Crippen molar-refractivity contribution in [2.24, 2.45) is 17.8 Å². The fourth-order valence-electron chi connectivity index (χ4n) is 3.13. The van der Waals surface area contributed by atoms with Crippen LogP contribution in [0.4, 0.5) is 0 Å². The molecule has 0 saturated heterocycles. The standard InChI is InChI=1S/C11H12BrNOS/c12-9-5-15-13-10(9)11(14)8-4-6-1-2-7(8)3-6/h5-8H,1-4H2. The van der Waals surface area contributed by atoms with E-state index in [1.165, 1.54) is 30.8 Å². The molecule has 15 heavy (non-hydrogen) atoms. The van der Waals surface area contributed by atoms with Crippen LogP contribution < -0.4 is 0 Å². The highest BCUT2D eigenvalue weighted by molar-refractivity contribution is 9.10. The molecule has 0 aromatic carbocycles. The molecule has 2 aliphatic carbocycles. The predicted octanol–water partition coefficient (Wildman–Crippen LogP) is 3.52. The molecule has 4 heteroatoms. The molecule has 0 N–H and O–H groups in total. The summed E-state index contributed by atoms with van der Waals surface area (Å²) in [5, 5.41) is 1.89. The van der Waals surface area contributed by atoms with Crippen molar-refractivity contribution in [1.29, 1.82) is 0 Å². The van der Waals surface area contributed by atoms with Crippen LogP contribution in [-0.4, -0.2) is 10.2 Å². The zero-order valence-corrected chi connectivity index (χ0v) is 10.7. The van der Waals surface area contributed by atoms with Gasteiger partial charge in [-0.2, -0.15) is 4.37 Å². The summed E-state index contributed by atoms with van der Waals surface area (Å²) in [5.41, 5.74) is 0.664. The summed E-state index contributed by atoms with van der Waals surface area (Å²) in [5.74, 6) is 2.01. The lowest BCUT2D eigenvalue weighted by Crippen LogP contribution is -2.21. The maximum Gasteiger partial charge on any atom is 0.186 e. The van der Waals surface area contributed by atoms with Crippen molar-refractivity contribution < 1.29 is 4.79 Å². The summed E-state index contributed by atoms with van der Waals surface area (Å²) in [6.07, 6.45) is 4.97. The Hall–Kier alpha value is -0.220. The van der Waals surface area contributed by atoms with Gasteiger partial charge in [0.15, 0.2) is 5.78 Å². The van der Waals surface area contributed by atoms with Gasteiger partial charge in [-0.3, -0.25) is 4.79 Å². The molecule has 0 radical (unpaired) electrons. The number of halogens is 1. The molecule has 2 fully saturated rings. The highest BCUT2D eigenvalue weighted by Crippen LogP contribution is 2.49. The molecule has 3 rings (SSSR count). The molecule has 2 aliphatic rings. The van der Waals surface area contributed by atoms with Crippen molar-refractivity contribution in [2.75, 3.05) is 0 Å². The Labute approximate surface area is 101 Å². The van der Waals surface area contributed by atoms with E-state index < -0.39 is 0 Å². The van der Waals surface area contributed by atoms with Gasteiger partial charge >= 0.3 is 0 Å². The van der Waals surface area contributed by atoms with Crippen LogP contribution in [-0.2, 0) is 0 Å². The largest absolute Gasteiger partial charge is 0.292 e. The van der Waals surface area contributed by atoms with E-state index in [0.717, 1.165) is 16.8 Å². The molecule has 1 heterocycles. The van der Waals surface area contributed by atoms with Crippen molar-refractivity contribution in [3.63, 3.8) is 0 Å². The third-order valence-corrected chi connectivity index (χ3v) is 5.37. The molecule has 3 unspecified atom stereocenters. The summed E-state index contributed by atoms with van der Waals surface area (Å²) >= 11 is 4.75. The molecule has 2 saturated carbocycles. The van der Waals surface area contributed by atoms with Crippen LogP contribution in [0.25, 0.3) is 0 Å². The van der Waals surface area contributed by atoms with Crippen molar-refractivity contribution >= 4 is 33.2 Å². The van der Waals surface area contributed by atoms with E-state index in [9.17, 15) is 4.79 Å². The zero-order valence-electron chi connectivity index (χ0n) is 8.28. The molecular formula is C11H12BrNOS. The Bertz CT molecular complexity index is 403. The van der Waals surface area contributed by atoms with Crippen LogP contribution in [0.3, 0.4) is 0 Å². The highest BCUT2D eigenvalue weighted by atomic mass is 79.9. The highest BCUT2D eigenvalue weighted by Gasteiger charge is 2.43. The van der Waals surface area contributed by atoms with Crippen LogP contribution in [0, 0.1) is 17.8 Å². The summed E-state index contributed by atoms with van der Waals surface area (Å²) in [6.45, 7) is 0. The number of carbonyl (C=O) groups is 1. The van der Waals surface area contributed by atoms with Gasteiger partial charge in [-0.25, -0.2) is 0 Å². The minimum absolute atomic E-state index is 0.266. The van der Waals surface area contributed by atoms with E-state index in [0.29, 0.717) is 11.6 Å². The molecule has 0 spiro atoms. The lowest BCUT2D eigenvalue weighted by atomic mass is 9.85. The van der Waals surface area contributed by atoms with Crippen LogP contribution >= 0.6 is 27.5 Å². The first kappa shape index (κ1) is 9.97. The topological polar surface area (TPSA) is 30.0 Å². The molecule has 80 valence electrons. The Morgan fingerprint density at radius 1 is 1.47 bits per heavy atom. The number of rotatable bonds is 2. The summed E-state index contributed by atoms with van der Waals surface area (Å²) in [7, 11) is 0. The van der Waals surface area contributed by atoms with Gasteiger partial charge in [0.05, 0.1) is 4.47 Å². The Morgan fingerprint density at radius 3 is 2.87 bits per heavy atom. The number of fused-ring (bicyclic) bond motifs is 2. The van der Waals surface area contributed by atoms with E-state index in [2.05, 4.69) is 20.3 Å². The van der Waals surface area contributed by atoms with Gasteiger partial charge in [0.2, 0.25) is 0 Å². The van der Waals surface area contributed by atoms with Crippen molar-refractivity contribution in [3.8, 4) is 0 Å². The number of carbonyl (C=O) groups excluding carboxylic acids is 1. The third-order valence-electron chi connectivity index (χ3n) is 3.83. The smallest absolute Gasteiger partial charge is 0.186 e. The van der Waals surface area contributed by atoms with Gasteiger partial charge in [0, 0.05) is 11.3 Å². The molecule has 1 aromatic heterocycles. The van der Waals surface area contributed by atoms with E-state index in [4.69, 9.17) is 0 Å². The molecule has 0 aliphatic heterocycles. The average Bonchev–Trinajstić information content (AvgIpc) is 2.91. The van der Waals surface area contributed by atoms with Crippen LogP contribution in [0.5, 0.6) is 0 Å². The Morgan fingerprint density at radius 2 is 2.33 bits per heavy atom. The minimum Gasteiger partial charge on any atom is -0.292 e. The van der Waals surface area contributed by atoms with Gasteiger partial charge in [0.1, 0.15) is 5.69 Å². The SMILES string of the molecule is O=C(c1nscc1Br)C1CC2CCC1C2. The molecular weight excluding hydrogens is 274 g/mol. The molecule has 0 amide bonds. The van der Waals surface area contributed by atoms with Crippen molar-refractivity contribution in [1.82, 2.24) is 4.37 Å². The number of ketones is 1. The normalized spacial score (nSPS) is 33.5. The predicted molar refractivity (Wildman–Crippen MR) is 63.1 cm³/mol. The lowest BCUT2D eigenvalue weighted by molar-refractivity contribution is 0.0870. The number of nitrogens with zero attached hydrogens (tertiary/aromatic N) is 1. The maximum atomic E-state index is 12.2. The fourth-order valence-corrected chi connectivity index (χ4v) is 4.33. The average molecular weight is 286 g/mol. The first-order valence-electron chi connectivity index (χ1n) is 5.40. The summed E-state index contributed by atoms with van der Waals surface area (Å²) in [6, 6.07) is 0. The van der Waals surface area contributed by atoms with Crippen LogP contribution in [0.15, 0.2) is 9.85 Å². The molecule has 3 atom stereocenters. The van der Waals surface area contributed by atoms with E-state index in [1.54, 1.807) is 0 Å². The Kier molecular flexibility index (Phi) is 2.44. The monoisotopic (exact) mass is 285 g/mol. The zero-order chi connectivity index (χ0) is 10.4. The van der Waals surface area contributed by atoms with Gasteiger partial charge in [-0.1, -0.05) is 6.42 Å². The summed E-state index contributed by atoms with van der Waals surface area (Å²) < 4.78 is 5.06. The van der Waals surface area contributed by atoms with Crippen molar-refractivity contribution in [3.05, 3.63) is 15.5 Å². The number of Topliss-reactive ketones (excluding diaryl/α,β-unsaturated/α-hetero) is 1. The minimum atomic E-state index is 0.266. The second-order valence-electron chi connectivity index (χ2n) is 4.66. The van der Waals surface area contributed by atoms with Crippen molar-refractivity contribution in [2.45, 2.75) is 25.7 Å². The quantitative estimate of drug-likeness (QED) is 0.778. The lowest BCUT2D eigenvalue weighted by Gasteiger charge is -2.19. The third kappa shape index (κ3) is 1.58. The Balaban J connectivity index is 1.84. The second-order valence-corrected chi connectivity index (χ2v) is 6.14. The van der Waals surface area contributed by atoms with E-state index in [1.807, 2.05) is 5.38 Å². The summed E-state index contributed by atoms with van der Waals surface area (Å²) in [4.78, 5) is 12.2. The van der Waals surface area contributed by atoms with Gasteiger partial charge in [-0.15, -0.1) is 0 Å². The fraction of sp³-hybridized carbons (Fsp3) is 0.636. The van der Waals surface area contributed by atoms with E-state index in [-0.39, 0.29) is 11.7 Å².